The van der Waals surface area contributed by atoms with Gasteiger partial charge in [-0.1, -0.05) is 17.7 Å². The zero-order chi connectivity index (χ0) is 4.99. The fourth-order valence-corrected chi connectivity index (χ4v) is 2.20. The average Bonchev–Trinajstić information content (AvgIpc) is 1.35. The average molecular weight is 221 g/mol. The van der Waals surface area contributed by atoms with Crippen LogP contribution in [0.4, 0.5) is 0 Å². The van der Waals surface area contributed by atoms with E-state index in [0.29, 0.717) is 0 Å². The number of halogens is 1. The normalized spacial score (nSPS) is 17.6. The Labute approximate surface area is 53.9 Å². The van der Waals surface area contributed by atoms with Gasteiger partial charge in [-0.2, -0.15) is 0 Å². The highest BCUT2D eigenvalue weighted by Crippen LogP contribution is 2.27. The van der Waals surface area contributed by atoms with Crippen molar-refractivity contribution in [1.29, 1.82) is 0 Å². The second-order valence-corrected chi connectivity index (χ2v) is 5.38. The highest BCUT2D eigenvalue weighted by molar-refractivity contribution is 14.2. The van der Waals surface area contributed by atoms with Gasteiger partial charge >= 0.3 is 0 Å². The van der Waals surface area contributed by atoms with E-state index in [1.807, 2.05) is 6.92 Å². The maximum absolute atomic E-state index is 6.91. The van der Waals surface area contributed by atoms with Crippen molar-refractivity contribution in [3.63, 3.8) is 0 Å². The van der Waals surface area contributed by atoms with Crippen LogP contribution >= 0.6 is 40.0 Å². The summed E-state index contributed by atoms with van der Waals surface area (Å²) >= 11 is 2.16. The van der Waals surface area contributed by atoms with Crippen molar-refractivity contribution >= 4 is 40.0 Å². The Morgan fingerprint density at radius 3 is 2.80 bits per heavy atom. The molecule has 0 saturated carbocycles. The summed E-state index contributed by atoms with van der Waals surface area (Å²) in [5, 5.41) is 0. The predicted molar refractivity (Wildman–Crippen MR) is 39.7 cm³/mol. The van der Waals surface area contributed by atoms with Crippen molar-refractivity contribution in [3.8, 4) is 0 Å². The van der Waals surface area contributed by atoms with Gasteiger partial charge in [0, 0.05) is 28.3 Å². The number of hydrogen-bond acceptors (Lipinski definition) is 2. The first-order chi connectivity index (χ1) is 2.77. The SMILES string of the molecule is [2H]C(C)SSI. The van der Waals surface area contributed by atoms with Gasteiger partial charge in [-0.15, -0.1) is 0 Å². The van der Waals surface area contributed by atoms with Crippen LogP contribution in [-0.2, 0) is 0 Å². The Morgan fingerprint density at radius 1 is 2.20 bits per heavy atom. The maximum Gasteiger partial charge on any atom is 0.0387 e. The standard InChI is InChI=1S/C2H5IS2/c1-2-4-5-3/h2H2,1H3/i2D. The molecule has 0 fully saturated rings. The summed E-state index contributed by atoms with van der Waals surface area (Å²) in [6.07, 6.45) is 0. The summed E-state index contributed by atoms with van der Waals surface area (Å²) in [4.78, 5) is 0. The first-order valence-corrected chi connectivity index (χ1v) is 5.89. The molecule has 5 heavy (non-hydrogen) atoms. The summed E-state index contributed by atoms with van der Waals surface area (Å²) in [6.45, 7) is 1.86. The van der Waals surface area contributed by atoms with Crippen molar-refractivity contribution in [3.05, 3.63) is 0 Å². The molecule has 3 heteroatoms. The largest absolute Gasteiger partial charge is 0.0833 e. The molecule has 0 rings (SSSR count). The molecule has 0 aromatic carbocycles. The smallest absolute Gasteiger partial charge is 0.0387 e. The molecule has 0 N–H and O–H groups in total. The van der Waals surface area contributed by atoms with Gasteiger partial charge in [0.05, 0.1) is 0 Å². The fourth-order valence-electron chi connectivity index (χ4n) is 0.0364. The molecule has 0 heterocycles. The lowest BCUT2D eigenvalue weighted by atomic mass is 11.0. The molecule has 0 radical (unpaired) electrons. The van der Waals surface area contributed by atoms with Crippen LogP contribution in [0.1, 0.15) is 8.29 Å². The van der Waals surface area contributed by atoms with Gasteiger partial charge in [0.15, 0.2) is 0 Å². The molecule has 32 valence electrons. The van der Waals surface area contributed by atoms with E-state index >= 15 is 0 Å². The van der Waals surface area contributed by atoms with Gasteiger partial charge in [-0.05, 0) is 7.97 Å². The van der Waals surface area contributed by atoms with Crippen LogP contribution in [0, 0.1) is 0 Å². The Hall–Kier alpha value is 1.43. The van der Waals surface area contributed by atoms with Crippen LogP contribution in [0.15, 0.2) is 0 Å². The summed E-state index contributed by atoms with van der Waals surface area (Å²) in [5.74, 6) is 0. The summed E-state index contributed by atoms with van der Waals surface area (Å²) in [7, 11) is 3.16. The molecule has 0 aromatic rings. The number of rotatable bonds is 2. The molecular weight excluding hydrogens is 215 g/mol. The van der Waals surface area contributed by atoms with Gasteiger partial charge in [0.25, 0.3) is 0 Å². The van der Waals surface area contributed by atoms with E-state index in [1.165, 1.54) is 0 Å². The molecule has 0 aliphatic rings. The van der Waals surface area contributed by atoms with Crippen LogP contribution < -0.4 is 0 Å². The molecule has 0 aromatic heterocycles. The molecule has 0 nitrogen and oxygen atoms in total. The van der Waals surface area contributed by atoms with Gasteiger partial charge < -0.3 is 0 Å². The first kappa shape index (κ1) is 4.59. The molecule has 0 spiro atoms. The zero-order valence-corrected chi connectivity index (χ0v) is 6.56. The lowest BCUT2D eigenvalue weighted by Gasteiger charge is -1.77. The van der Waals surface area contributed by atoms with Crippen LogP contribution in [0.2, 0.25) is 0 Å². The van der Waals surface area contributed by atoms with Gasteiger partial charge in [-0.25, -0.2) is 0 Å². The minimum Gasteiger partial charge on any atom is -0.0833 e. The molecule has 0 bridgehead atoms. The van der Waals surface area contributed by atoms with Crippen LogP contribution in [0.3, 0.4) is 0 Å². The molecule has 0 aliphatic carbocycles. The van der Waals surface area contributed by atoms with Crippen LogP contribution in [-0.4, -0.2) is 5.73 Å². The second-order valence-electron chi connectivity index (χ2n) is 0.395. The van der Waals surface area contributed by atoms with Gasteiger partial charge in [0.2, 0.25) is 0 Å². The molecule has 1 unspecified atom stereocenters. The highest BCUT2D eigenvalue weighted by Gasteiger charge is 1.70. The van der Waals surface area contributed by atoms with Crippen molar-refractivity contribution in [2.75, 3.05) is 5.73 Å². The van der Waals surface area contributed by atoms with Gasteiger partial charge in [-0.3, -0.25) is 0 Å². The monoisotopic (exact) mass is 221 g/mol. The third-order valence-electron chi connectivity index (χ3n) is 0.133. The molecule has 0 aliphatic heterocycles. The molecular formula is C2H5IS2. The van der Waals surface area contributed by atoms with Crippen molar-refractivity contribution in [2.45, 2.75) is 6.92 Å². The van der Waals surface area contributed by atoms with Crippen molar-refractivity contribution < 1.29 is 1.37 Å². The Balaban J connectivity index is 2.63. The zero-order valence-electron chi connectivity index (χ0n) is 3.77. The van der Waals surface area contributed by atoms with E-state index in [1.54, 1.807) is 18.8 Å². The molecule has 0 saturated heterocycles. The van der Waals surface area contributed by atoms with E-state index < -0.39 is 0 Å². The summed E-state index contributed by atoms with van der Waals surface area (Å²) in [6, 6.07) is 0. The quantitative estimate of drug-likeness (QED) is 0.519. The molecule has 0 amide bonds. The van der Waals surface area contributed by atoms with E-state index in [4.69, 9.17) is 1.37 Å². The third kappa shape index (κ3) is 5.43. The predicted octanol–water partition coefficient (Wildman–Crippen LogP) is 2.74. The summed E-state index contributed by atoms with van der Waals surface area (Å²) in [5.41, 5.74) is 0.0203. The minimum atomic E-state index is 0.0203. The molecule has 1 atom stereocenters. The highest BCUT2D eigenvalue weighted by atomic mass is 127. The van der Waals surface area contributed by atoms with E-state index in [9.17, 15) is 0 Å². The Kier molecular flexibility index (Phi) is 4.98. The van der Waals surface area contributed by atoms with Crippen LogP contribution in [0.5, 0.6) is 0 Å². The Morgan fingerprint density at radius 2 is 2.80 bits per heavy atom. The number of hydrogen-bond donors (Lipinski definition) is 0. The van der Waals surface area contributed by atoms with E-state index in [2.05, 4.69) is 21.2 Å². The van der Waals surface area contributed by atoms with Crippen molar-refractivity contribution in [1.82, 2.24) is 0 Å². The van der Waals surface area contributed by atoms with E-state index in [-0.39, 0.29) is 5.73 Å². The van der Waals surface area contributed by atoms with Crippen LogP contribution in [0.25, 0.3) is 0 Å². The maximum atomic E-state index is 6.91. The van der Waals surface area contributed by atoms with Gasteiger partial charge in [0.1, 0.15) is 0 Å². The van der Waals surface area contributed by atoms with Crippen molar-refractivity contribution in [2.24, 2.45) is 0 Å². The lowest BCUT2D eigenvalue weighted by molar-refractivity contribution is 1.54. The lowest BCUT2D eigenvalue weighted by Crippen LogP contribution is -1.47. The minimum absolute atomic E-state index is 0.0203. The third-order valence-corrected chi connectivity index (χ3v) is 3.06. The first-order valence-electron chi connectivity index (χ1n) is 1.71. The Bertz CT molecular complexity index is 32.7. The van der Waals surface area contributed by atoms with E-state index in [0.717, 1.165) is 0 Å². The topological polar surface area (TPSA) is 0 Å². The fraction of sp³-hybridized carbons (Fsp3) is 1.00. The second kappa shape index (κ2) is 5.43. The summed E-state index contributed by atoms with van der Waals surface area (Å²) < 4.78 is 6.91.